The average molecular weight is 386 g/mol. The number of aryl methyl sites for hydroxylation is 1. The fraction of sp³-hybridized carbons (Fsp3) is 0.524. The molecule has 0 saturated heterocycles. The van der Waals surface area contributed by atoms with Crippen LogP contribution in [0.15, 0.2) is 18.2 Å². The van der Waals surface area contributed by atoms with Gasteiger partial charge in [0.2, 0.25) is 0 Å². The van der Waals surface area contributed by atoms with Gasteiger partial charge in [-0.3, -0.25) is 5.41 Å². The van der Waals surface area contributed by atoms with Gasteiger partial charge in [0, 0.05) is 29.4 Å². The molecular formula is C21H27N3O2S. The van der Waals surface area contributed by atoms with Gasteiger partial charge in [-0.2, -0.15) is 0 Å². The Morgan fingerprint density at radius 1 is 1.37 bits per heavy atom. The second-order valence-corrected chi connectivity index (χ2v) is 8.83. The van der Waals surface area contributed by atoms with Crippen molar-refractivity contribution in [1.82, 2.24) is 4.57 Å². The second-order valence-electron chi connectivity index (χ2n) is 7.81. The van der Waals surface area contributed by atoms with Crippen molar-refractivity contribution in [3.05, 3.63) is 35.0 Å². The number of carbonyl (C=O) groups is 1. The Morgan fingerprint density at radius 3 is 2.81 bits per heavy atom. The number of benzene rings is 1. The molecular weight excluding hydrogens is 358 g/mol. The largest absolute Gasteiger partial charge is 0.462 e. The van der Waals surface area contributed by atoms with Gasteiger partial charge in [-0.1, -0.05) is 30.3 Å². The van der Waals surface area contributed by atoms with E-state index in [-0.39, 0.29) is 11.1 Å². The summed E-state index contributed by atoms with van der Waals surface area (Å²) in [6.07, 6.45) is 5.44. The Morgan fingerprint density at radius 2 is 2.19 bits per heavy atom. The summed E-state index contributed by atoms with van der Waals surface area (Å²) in [6, 6.07) is 6.56. The molecule has 0 aliphatic heterocycles. The van der Waals surface area contributed by atoms with Crippen LogP contribution in [-0.4, -0.2) is 22.3 Å². The van der Waals surface area contributed by atoms with Gasteiger partial charge < -0.3 is 15.0 Å². The Hall–Kier alpha value is -1.95. The maximum atomic E-state index is 12.7. The third-order valence-electron chi connectivity index (χ3n) is 6.36. The molecule has 1 aromatic heterocycles. The van der Waals surface area contributed by atoms with Crippen LogP contribution in [0.4, 0.5) is 0 Å². The predicted octanol–water partition coefficient (Wildman–Crippen LogP) is 4.39. The van der Waals surface area contributed by atoms with Crippen molar-refractivity contribution in [3.8, 4) is 0 Å². The van der Waals surface area contributed by atoms with Gasteiger partial charge in [0.1, 0.15) is 0 Å². The summed E-state index contributed by atoms with van der Waals surface area (Å²) in [4.78, 5) is 12.7. The Kier molecular flexibility index (Phi) is 4.93. The molecule has 1 aromatic carbocycles. The van der Waals surface area contributed by atoms with Gasteiger partial charge in [0.25, 0.3) is 0 Å². The molecule has 2 bridgehead atoms. The van der Waals surface area contributed by atoms with Crippen molar-refractivity contribution >= 4 is 33.8 Å². The van der Waals surface area contributed by atoms with Gasteiger partial charge in [-0.15, -0.1) is 0 Å². The quantitative estimate of drug-likeness (QED) is 0.454. The molecule has 5 nitrogen and oxygen atoms in total. The fourth-order valence-electron chi connectivity index (χ4n) is 5.14. The lowest BCUT2D eigenvalue weighted by molar-refractivity contribution is 0.0527. The fourth-order valence-corrected chi connectivity index (χ4v) is 5.77. The summed E-state index contributed by atoms with van der Waals surface area (Å²) < 4.78 is 7.40. The molecule has 2 aromatic rings. The first kappa shape index (κ1) is 18.4. The number of hydrogen-bond donors (Lipinski definition) is 2. The zero-order chi connectivity index (χ0) is 19.1. The van der Waals surface area contributed by atoms with Gasteiger partial charge in [-0.25, -0.2) is 4.79 Å². The molecule has 27 heavy (non-hydrogen) atoms. The summed E-state index contributed by atoms with van der Waals surface area (Å²) in [5.74, 6) is 2.57. The topological polar surface area (TPSA) is 81.1 Å². The number of thioether (sulfide) groups is 1. The van der Waals surface area contributed by atoms with Crippen molar-refractivity contribution in [3.63, 3.8) is 0 Å². The van der Waals surface area contributed by atoms with Crippen LogP contribution in [0.5, 0.6) is 0 Å². The highest BCUT2D eigenvalue weighted by Crippen LogP contribution is 2.53. The average Bonchev–Trinajstić information content (AvgIpc) is 3.33. The summed E-state index contributed by atoms with van der Waals surface area (Å²) in [5, 5.41) is 8.50. The van der Waals surface area contributed by atoms with E-state index in [0.717, 1.165) is 28.4 Å². The number of carbonyl (C=O) groups excluding carboxylic acids is 1. The standard InChI is InChI=1S/C21H27N3O2S/c1-3-26-20(25)19-15-7-6-14(16-9-12-4-5-13(16)8-12)10-17(15)24(2)18(19)11-27-21(22)23/h6-7,10,12-13,16H,3-5,8-9,11H2,1-2H3,(H3,22,23). The Labute approximate surface area is 164 Å². The molecule has 0 radical (unpaired) electrons. The molecule has 0 amide bonds. The highest BCUT2D eigenvalue weighted by molar-refractivity contribution is 8.13. The van der Waals surface area contributed by atoms with E-state index >= 15 is 0 Å². The van der Waals surface area contributed by atoms with Crippen LogP contribution in [0.2, 0.25) is 0 Å². The number of nitrogens with zero attached hydrogens (tertiary/aromatic N) is 1. The van der Waals surface area contributed by atoms with Crippen LogP contribution >= 0.6 is 11.8 Å². The number of nitrogens with one attached hydrogen (secondary N) is 1. The maximum absolute atomic E-state index is 12.7. The van der Waals surface area contributed by atoms with E-state index in [1.54, 1.807) is 0 Å². The monoisotopic (exact) mass is 385 g/mol. The van der Waals surface area contributed by atoms with Crippen molar-refractivity contribution in [1.29, 1.82) is 5.41 Å². The molecule has 4 rings (SSSR count). The van der Waals surface area contributed by atoms with Crippen molar-refractivity contribution in [2.45, 2.75) is 44.3 Å². The third kappa shape index (κ3) is 3.24. The van der Waals surface area contributed by atoms with Gasteiger partial charge >= 0.3 is 5.97 Å². The summed E-state index contributed by atoms with van der Waals surface area (Å²) in [6.45, 7) is 2.16. The van der Waals surface area contributed by atoms with E-state index in [2.05, 4.69) is 22.8 Å². The first-order valence-electron chi connectivity index (χ1n) is 9.74. The molecule has 3 unspecified atom stereocenters. The number of amidine groups is 1. The maximum Gasteiger partial charge on any atom is 0.340 e. The molecule has 0 spiro atoms. The first-order valence-corrected chi connectivity index (χ1v) is 10.7. The van der Waals surface area contributed by atoms with Gasteiger partial charge in [0.15, 0.2) is 5.17 Å². The first-order chi connectivity index (χ1) is 13.0. The Balaban J connectivity index is 1.77. The molecule has 2 aliphatic carbocycles. The summed E-state index contributed by atoms with van der Waals surface area (Å²) in [5.41, 5.74) is 9.48. The number of fused-ring (bicyclic) bond motifs is 3. The number of hydrogen-bond acceptors (Lipinski definition) is 4. The second kappa shape index (κ2) is 7.23. The zero-order valence-corrected chi connectivity index (χ0v) is 16.8. The lowest BCUT2D eigenvalue weighted by Crippen LogP contribution is -2.10. The minimum Gasteiger partial charge on any atom is -0.462 e. The number of esters is 1. The van der Waals surface area contributed by atoms with Crippen LogP contribution in [0.1, 0.15) is 60.1 Å². The SMILES string of the molecule is CCOC(=O)c1c(CSC(=N)N)n(C)c2cc(C3CC4CCC3C4)ccc12. The van der Waals surface area contributed by atoms with Crippen molar-refractivity contribution in [2.75, 3.05) is 6.61 Å². The van der Waals surface area contributed by atoms with E-state index in [4.69, 9.17) is 15.9 Å². The normalized spacial score (nSPS) is 23.9. The third-order valence-corrected chi connectivity index (χ3v) is 7.08. The molecule has 6 heteroatoms. The summed E-state index contributed by atoms with van der Waals surface area (Å²) in [7, 11) is 1.99. The van der Waals surface area contributed by atoms with Gasteiger partial charge in [-0.05, 0) is 55.6 Å². The minimum atomic E-state index is -0.296. The van der Waals surface area contributed by atoms with E-state index in [9.17, 15) is 4.79 Å². The minimum absolute atomic E-state index is 0.0535. The molecule has 2 fully saturated rings. The van der Waals surface area contributed by atoms with Crippen LogP contribution in [-0.2, 0) is 17.5 Å². The molecule has 2 aliphatic rings. The molecule has 3 atom stereocenters. The molecule has 3 N–H and O–H groups in total. The zero-order valence-electron chi connectivity index (χ0n) is 16.0. The van der Waals surface area contributed by atoms with E-state index in [1.165, 1.54) is 43.0 Å². The van der Waals surface area contributed by atoms with Crippen molar-refractivity contribution in [2.24, 2.45) is 24.6 Å². The number of rotatable bonds is 5. The number of aromatic nitrogens is 1. The molecule has 2 saturated carbocycles. The highest BCUT2D eigenvalue weighted by Gasteiger charge is 2.40. The molecule has 1 heterocycles. The highest BCUT2D eigenvalue weighted by atomic mass is 32.2. The predicted molar refractivity (Wildman–Crippen MR) is 110 cm³/mol. The Bertz CT molecular complexity index is 904. The number of ether oxygens (including phenoxy) is 1. The van der Waals surface area contributed by atoms with Crippen LogP contribution in [0.25, 0.3) is 10.9 Å². The van der Waals surface area contributed by atoms with Crippen molar-refractivity contribution < 1.29 is 9.53 Å². The van der Waals surface area contributed by atoms with Crippen LogP contribution in [0.3, 0.4) is 0 Å². The lowest BCUT2D eigenvalue weighted by Gasteiger charge is -2.22. The van der Waals surface area contributed by atoms with E-state index < -0.39 is 0 Å². The smallest absolute Gasteiger partial charge is 0.340 e. The number of nitrogens with two attached hydrogens (primary N) is 1. The lowest BCUT2D eigenvalue weighted by atomic mass is 9.83. The van der Waals surface area contributed by atoms with Crippen LogP contribution < -0.4 is 5.73 Å². The molecule has 144 valence electrons. The van der Waals surface area contributed by atoms with E-state index in [0.29, 0.717) is 23.8 Å². The van der Waals surface area contributed by atoms with E-state index in [1.807, 2.05) is 14.0 Å². The van der Waals surface area contributed by atoms with Crippen LogP contribution in [0, 0.1) is 17.2 Å². The van der Waals surface area contributed by atoms with Gasteiger partial charge in [0.05, 0.1) is 12.2 Å². The summed E-state index contributed by atoms with van der Waals surface area (Å²) >= 11 is 1.24.